The largest absolute Gasteiger partial charge is 0.492 e. The number of nitrogens with one attached hydrogen (secondary N) is 1. The van der Waals surface area contributed by atoms with E-state index in [1.807, 2.05) is 33.0 Å². The Hall–Kier alpha value is -2.50. The van der Waals surface area contributed by atoms with Crippen molar-refractivity contribution in [3.8, 4) is 5.75 Å². The van der Waals surface area contributed by atoms with E-state index in [2.05, 4.69) is 10.4 Å². The van der Waals surface area contributed by atoms with Crippen molar-refractivity contribution >= 4 is 11.6 Å². The Bertz CT molecular complexity index is 649. The maximum absolute atomic E-state index is 12.1. The van der Waals surface area contributed by atoms with Gasteiger partial charge in [-0.25, -0.2) is 0 Å². The lowest BCUT2D eigenvalue weighted by atomic mass is 10.2. The number of nitrogens with zero attached hydrogens (tertiary/aromatic N) is 2. The van der Waals surface area contributed by atoms with Gasteiger partial charge in [0.1, 0.15) is 12.4 Å². The zero-order chi connectivity index (χ0) is 15.4. The van der Waals surface area contributed by atoms with Crippen molar-refractivity contribution in [1.29, 1.82) is 0 Å². The lowest BCUT2D eigenvalue weighted by Gasteiger charge is -2.08. The maximum Gasteiger partial charge on any atom is 0.255 e. The third-order valence-corrected chi connectivity index (χ3v) is 3.25. The summed E-state index contributed by atoms with van der Waals surface area (Å²) in [6, 6.07) is 7.19. The monoisotopic (exact) mass is 288 g/mol. The predicted molar refractivity (Wildman–Crippen MR) is 81.4 cm³/mol. The van der Waals surface area contributed by atoms with Crippen LogP contribution < -0.4 is 15.8 Å². The molecule has 1 aromatic carbocycles. The molecular weight excluding hydrogens is 268 g/mol. The van der Waals surface area contributed by atoms with Crippen LogP contribution in [0.4, 0.5) is 5.69 Å². The summed E-state index contributed by atoms with van der Waals surface area (Å²) in [4.78, 5) is 12.1. The first-order valence-corrected chi connectivity index (χ1v) is 6.75. The molecule has 2 rings (SSSR count). The molecular formula is C15H20N4O2. The smallest absolute Gasteiger partial charge is 0.255 e. The van der Waals surface area contributed by atoms with Gasteiger partial charge in [0, 0.05) is 24.5 Å². The van der Waals surface area contributed by atoms with Crippen molar-refractivity contribution in [2.24, 2.45) is 7.05 Å². The third-order valence-electron chi connectivity index (χ3n) is 3.25. The number of rotatable bonds is 5. The number of amides is 1. The van der Waals surface area contributed by atoms with Crippen LogP contribution in [0.1, 0.15) is 21.7 Å². The summed E-state index contributed by atoms with van der Waals surface area (Å²) >= 11 is 0. The molecule has 0 aliphatic carbocycles. The van der Waals surface area contributed by atoms with Crippen LogP contribution in [0.3, 0.4) is 0 Å². The Morgan fingerprint density at radius 3 is 2.81 bits per heavy atom. The molecule has 1 heterocycles. The number of anilines is 1. The van der Waals surface area contributed by atoms with E-state index in [1.54, 1.807) is 16.8 Å². The lowest BCUT2D eigenvalue weighted by Crippen LogP contribution is -2.29. The second kappa shape index (κ2) is 6.30. The van der Waals surface area contributed by atoms with E-state index in [4.69, 9.17) is 10.5 Å². The molecule has 0 aliphatic rings. The topological polar surface area (TPSA) is 82.2 Å². The number of aryl methyl sites for hydroxylation is 2. The lowest BCUT2D eigenvalue weighted by molar-refractivity contribution is 0.0945. The van der Waals surface area contributed by atoms with Gasteiger partial charge in [-0.1, -0.05) is 6.07 Å². The van der Waals surface area contributed by atoms with Crippen molar-refractivity contribution < 1.29 is 9.53 Å². The molecule has 0 aliphatic heterocycles. The predicted octanol–water partition coefficient (Wildman–Crippen LogP) is 1.43. The van der Waals surface area contributed by atoms with E-state index >= 15 is 0 Å². The van der Waals surface area contributed by atoms with Gasteiger partial charge in [-0.2, -0.15) is 5.10 Å². The van der Waals surface area contributed by atoms with E-state index in [1.165, 1.54) is 0 Å². The normalized spacial score (nSPS) is 10.4. The van der Waals surface area contributed by atoms with Crippen molar-refractivity contribution in [1.82, 2.24) is 15.1 Å². The van der Waals surface area contributed by atoms with E-state index < -0.39 is 0 Å². The SMILES string of the molecule is Cc1nn(C)c(C)c1C(=O)NCCOc1cccc(N)c1. The fourth-order valence-corrected chi connectivity index (χ4v) is 2.13. The van der Waals surface area contributed by atoms with Crippen LogP contribution in [0.5, 0.6) is 5.75 Å². The molecule has 0 atom stereocenters. The molecule has 6 heteroatoms. The molecule has 1 aromatic heterocycles. The van der Waals surface area contributed by atoms with E-state index in [0.29, 0.717) is 30.2 Å². The number of hydrogen-bond acceptors (Lipinski definition) is 4. The quantitative estimate of drug-likeness (QED) is 0.644. The minimum Gasteiger partial charge on any atom is -0.492 e. The summed E-state index contributed by atoms with van der Waals surface area (Å²) in [5, 5.41) is 7.06. The summed E-state index contributed by atoms with van der Waals surface area (Å²) in [5.41, 5.74) is 8.52. The third kappa shape index (κ3) is 3.53. The van der Waals surface area contributed by atoms with Crippen molar-refractivity contribution in [3.63, 3.8) is 0 Å². The number of carbonyl (C=O) groups excluding carboxylic acids is 1. The van der Waals surface area contributed by atoms with E-state index in [-0.39, 0.29) is 5.91 Å². The highest BCUT2D eigenvalue weighted by molar-refractivity contribution is 5.96. The molecule has 1 amide bonds. The van der Waals surface area contributed by atoms with Gasteiger partial charge in [0.15, 0.2) is 0 Å². The Balaban J connectivity index is 1.85. The number of carbonyl (C=O) groups is 1. The van der Waals surface area contributed by atoms with Crippen LogP contribution in [0.2, 0.25) is 0 Å². The van der Waals surface area contributed by atoms with Crippen LogP contribution in [0.15, 0.2) is 24.3 Å². The molecule has 2 aromatic rings. The second-order valence-electron chi connectivity index (χ2n) is 4.85. The molecule has 112 valence electrons. The zero-order valence-corrected chi connectivity index (χ0v) is 12.5. The fourth-order valence-electron chi connectivity index (χ4n) is 2.13. The molecule has 3 N–H and O–H groups in total. The zero-order valence-electron chi connectivity index (χ0n) is 12.5. The molecule has 21 heavy (non-hydrogen) atoms. The second-order valence-corrected chi connectivity index (χ2v) is 4.85. The average Bonchev–Trinajstić information content (AvgIpc) is 2.68. The minimum absolute atomic E-state index is 0.130. The van der Waals surface area contributed by atoms with Crippen LogP contribution in [-0.4, -0.2) is 28.8 Å². The van der Waals surface area contributed by atoms with Gasteiger partial charge in [0.25, 0.3) is 5.91 Å². The molecule has 6 nitrogen and oxygen atoms in total. The van der Waals surface area contributed by atoms with Crippen LogP contribution in [0, 0.1) is 13.8 Å². The molecule has 0 bridgehead atoms. The van der Waals surface area contributed by atoms with E-state index in [9.17, 15) is 4.79 Å². The molecule has 0 saturated carbocycles. The molecule has 0 unspecified atom stereocenters. The first-order valence-electron chi connectivity index (χ1n) is 6.75. The first kappa shape index (κ1) is 14.9. The van der Waals surface area contributed by atoms with Crippen molar-refractivity contribution in [2.75, 3.05) is 18.9 Å². The Morgan fingerprint density at radius 2 is 2.19 bits per heavy atom. The standard InChI is InChI=1S/C15H20N4O2/c1-10-14(11(2)19(3)18-10)15(20)17-7-8-21-13-6-4-5-12(16)9-13/h4-6,9H,7-8,16H2,1-3H3,(H,17,20). The highest BCUT2D eigenvalue weighted by Gasteiger charge is 2.16. The number of aromatic nitrogens is 2. The number of benzene rings is 1. The molecule has 0 spiro atoms. The Morgan fingerprint density at radius 1 is 1.43 bits per heavy atom. The summed E-state index contributed by atoms with van der Waals surface area (Å²) in [6.45, 7) is 4.50. The van der Waals surface area contributed by atoms with Crippen molar-refractivity contribution in [2.45, 2.75) is 13.8 Å². The molecule has 0 saturated heterocycles. The fraction of sp³-hybridized carbons (Fsp3) is 0.333. The summed E-state index contributed by atoms with van der Waals surface area (Å²) in [6.07, 6.45) is 0. The van der Waals surface area contributed by atoms with Gasteiger partial charge >= 0.3 is 0 Å². The number of ether oxygens (including phenoxy) is 1. The van der Waals surface area contributed by atoms with Crippen LogP contribution >= 0.6 is 0 Å². The maximum atomic E-state index is 12.1. The van der Waals surface area contributed by atoms with Gasteiger partial charge in [0.2, 0.25) is 0 Å². The van der Waals surface area contributed by atoms with Gasteiger partial charge < -0.3 is 15.8 Å². The molecule has 0 fully saturated rings. The highest BCUT2D eigenvalue weighted by atomic mass is 16.5. The summed E-state index contributed by atoms with van der Waals surface area (Å²) in [5.74, 6) is 0.562. The van der Waals surface area contributed by atoms with E-state index in [0.717, 1.165) is 11.4 Å². The number of nitrogen functional groups attached to an aromatic ring is 1. The van der Waals surface area contributed by atoms with Gasteiger partial charge in [-0.15, -0.1) is 0 Å². The molecule has 0 radical (unpaired) electrons. The van der Waals surface area contributed by atoms with Gasteiger partial charge in [0.05, 0.1) is 17.8 Å². The van der Waals surface area contributed by atoms with Crippen molar-refractivity contribution in [3.05, 3.63) is 41.2 Å². The first-order chi connectivity index (χ1) is 9.99. The number of hydrogen-bond donors (Lipinski definition) is 2. The summed E-state index contributed by atoms with van der Waals surface area (Å²) < 4.78 is 7.23. The Kier molecular flexibility index (Phi) is 4.47. The van der Waals surface area contributed by atoms with Gasteiger partial charge in [-0.05, 0) is 26.0 Å². The van der Waals surface area contributed by atoms with Crippen LogP contribution in [0.25, 0.3) is 0 Å². The average molecular weight is 288 g/mol. The van der Waals surface area contributed by atoms with Gasteiger partial charge in [-0.3, -0.25) is 9.48 Å². The summed E-state index contributed by atoms with van der Waals surface area (Å²) in [7, 11) is 1.82. The van der Waals surface area contributed by atoms with Crippen LogP contribution in [-0.2, 0) is 7.05 Å². The minimum atomic E-state index is -0.130. The number of nitrogens with two attached hydrogens (primary N) is 1. The highest BCUT2D eigenvalue weighted by Crippen LogP contribution is 2.14. The Labute approximate surface area is 123 Å².